The maximum absolute atomic E-state index is 11.5. The van der Waals surface area contributed by atoms with E-state index in [1.165, 1.54) is 7.11 Å². The Balaban J connectivity index is 2.02. The van der Waals surface area contributed by atoms with E-state index in [9.17, 15) is 9.59 Å². The maximum Gasteiger partial charge on any atom is 0.339 e. The lowest BCUT2D eigenvalue weighted by Crippen LogP contribution is -2.48. The summed E-state index contributed by atoms with van der Waals surface area (Å²) in [6.07, 6.45) is 0. The highest BCUT2D eigenvalue weighted by Gasteiger charge is 2.20. The summed E-state index contributed by atoms with van der Waals surface area (Å²) in [5.74, 6) is -0.396. The standard InChI is InChI=1S/C14H19N3O4/c1-10-11(14(20)21-2)3-4-12(15-10)17-7-5-16(6-8-17)9-13(18)19/h3-4H,5-9H2,1-2H3,(H,18,19). The number of carbonyl (C=O) groups is 2. The lowest BCUT2D eigenvalue weighted by atomic mass is 10.2. The van der Waals surface area contributed by atoms with Gasteiger partial charge in [-0.25, -0.2) is 9.78 Å². The van der Waals surface area contributed by atoms with Gasteiger partial charge in [0.15, 0.2) is 0 Å². The lowest BCUT2D eigenvalue weighted by Gasteiger charge is -2.34. The van der Waals surface area contributed by atoms with Crippen LogP contribution in [0.1, 0.15) is 16.1 Å². The number of carboxylic acid groups (broad SMARTS) is 1. The van der Waals surface area contributed by atoms with Crippen molar-refractivity contribution in [2.24, 2.45) is 0 Å². The molecule has 21 heavy (non-hydrogen) atoms. The van der Waals surface area contributed by atoms with Crippen molar-refractivity contribution in [3.8, 4) is 0 Å². The van der Waals surface area contributed by atoms with Crippen LogP contribution < -0.4 is 4.90 Å². The number of nitrogens with zero attached hydrogens (tertiary/aromatic N) is 3. The first kappa shape index (κ1) is 15.2. The van der Waals surface area contributed by atoms with E-state index in [0.717, 1.165) is 18.9 Å². The van der Waals surface area contributed by atoms with Gasteiger partial charge in [-0.2, -0.15) is 0 Å². The van der Waals surface area contributed by atoms with Gasteiger partial charge in [0.25, 0.3) is 0 Å². The van der Waals surface area contributed by atoms with Crippen LogP contribution >= 0.6 is 0 Å². The Bertz CT molecular complexity index is 539. The van der Waals surface area contributed by atoms with Crippen molar-refractivity contribution in [3.63, 3.8) is 0 Å². The van der Waals surface area contributed by atoms with Gasteiger partial charge in [-0.3, -0.25) is 9.69 Å². The number of aromatic nitrogens is 1. The Labute approximate surface area is 123 Å². The molecule has 1 fully saturated rings. The van der Waals surface area contributed by atoms with E-state index >= 15 is 0 Å². The van der Waals surface area contributed by atoms with Gasteiger partial charge in [0.1, 0.15) is 5.82 Å². The third-order valence-corrected chi connectivity index (χ3v) is 3.53. The molecule has 7 heteroatoms. The Kier molecular flexibility index (Phi) is 4.74. The number of hydrogen-bond donors (Lipinski definition) is 1. The molecule has 114 valence electrons. The Hall–Kier alpha value is -2.15. The molecule has 1 saturated heterocycles. The topological polar surface area (TPSA) is 83.0 Å². The highest BCUT2D eigenvalue weighted by molar-refractivity contribution is 5.90. The molecule has 0 saturated carbocycles. The summed E-state index contributed by atoms with van der Waals surface area (Å²) in [4.78, 5) is 30.6. The van der Waals surface area contributed by atoms with Crippen molar-refractivity contribution >= 4 is 17.8 Å². The zero-order valence-electron chi connectivity index (χ0n) is 12.2. The number of hydrogen-bond acceptors (Lipinski definition) is 6. The SMILES string of the molecule is COC(=O)c1ccc(N2CCN(CC(=O)O)CC2)nc1C. The number of pyridine rings is 1. The molecule has 0 amide bonds. The summed E-state index contributed by atoms with van der Waals surface area (Å²) in [6.45, 7) is 4.66. The molecule has 0 aromatic carbocycles. The normalized spacial score (nSPS) is 15.8. The van der Waals surface area contributed by atoms with Gasteiger partial charge in [0.05, 0.1) is 24.9 Å². The predicted octanol–water partition coefficient (Wildman–Crippen LogP) is 0.383. The van der Waals surface area contributed by atoms with Crippen LogP contribution in [-0.2, 0) is 9.53 Å². The van der Waals surface area contributed by atoms with Gasteiger partial charge in [-0.1, -0.05) is 0 Å². The van der Waals surface area contributed by atoms with Crippen molar-refractivity contribution in [1.29, 1.82) is 0 Å². The first-order valence-electron chi connectivity index (χ1n) is 6.76. The summed E-state index contributed by atoms with van der Waals surface area (Å²) in [5, 5.41) is 8.78. The minimum atomic E-state index is -0.806. The number of anilines is 1. The zero-order valence-corrected chi connectivity index (χ0v) is 12.2. The largest absolute Gasteiger partial charge is 0.480 e. The fourth-order valence-corrected chi connectivity index (χ4v) is 2.38. The fourth-order valence-electron chi connectivity index (χ4n) is 2.38. The molecule has 1 aromatic heterocycles. The molecule has 1 aromatic rings. The number of aliphatic carboxylic acids is 1. The number of rotatable bonds is 4. The van der Waals surface area contributed by atoms with E-state index in [-0.39, 0.29) is 6.54 Å². The van der Waals surface area contributed by atoms with Gasteiger partial charge in [-0.15, -0.1) is 0 Å². The van der Waals surface area contributed by atoms with Crippen LogP contribution in [0.4, 0.5) is 5.82 Å². The summed E-state index contributed by atoms with van der Waals surface area (Å²) >= 11 is 0. The molecule has 1 N–H and O–H groups in total. The zero-order chi connectivity index (χ0) is 15.4. The van der Waals surface area contributed by atoms with E-state index in [1.54, 1.807) is 19.1 Å². The van der Waals surface area contributed by atoms with Crippen molar-refractivity contribution < 1.29 is 19.4 Å². The van der Waals surface area contributed by atoms with Gasteiger partial charge >= 0.3 is 11.9 Å². The number of esters is 1. The molecule has 0 bridgehead atoms. The molecular formula is C14H19N3O4. The number of carboxylic acids is 1. The molecular weight excluding hydrogens is 274 g/mol. The molecule has 0 aliphatic carbocycles. The first-order valence-corrected chi connectivity index (χ1v) is 6.76. The van der Waals surface area contributed by atoms with Crippen LogP contribution in [0.25, 0.3) is 0 Å². The predicted molar refractivity (Wildman–Crippen MR) is 76.6 cm³/mol. The average molecular weight is 293 g/mol. The number of ether oxygens (including phenoxy) is 1. The molecule has 1 aliphatic heterocycles. The van der Waals surface area contributed by atoms with Gasteiger partial charge in [0, 0.05) is 26.2 Å². The Morgan fingerprint density at radius 1 is 1.29 bits per heavy atom. The van der Waals surface area contributed by atoms with Gasteiger partial charge in [-0.05, 0) is 19.1 Å². The van der Waals surface area contributed by atoms with Crippen LogP contribution in [0.15, 0.2) is 12.1 Å². The Morgan fingerprint density at radius 3 is 2.48 bits per heavy atom. The van der Waals surface area contributed by atoms with Crippen molar-refractivity contribution in [2.45, 2.75) is 6.92 Å². The van der Waals surface area contributed by atoms with E-state index in [4.69, 9.17) is 9.84 Å². The van der Waals surface area contributed by atoms with Crippen LogP contribution in [0.2, 0.25) is 0 Å². The van der Waals surface area contributed by atoms with Crippen molar-refractivity contribution in [2.75, 3.05) is 44.7 Å². The molecule has 2 rings (SSSR count). The molecule has 7 nitrogen and oxygen atoms in total. The summed E-state index contributed by atoms with van der Waals surface area (Å²) in [5.41, 5.74) is 1.10. The average Bonchev–Trinajstić information content (AvgIpc) is 2.46. The molecule has 0 radical (unpaired) electrons. The molecule has 0 atom stereocenters. The highest BCUT2D eigenvalue weighted by atomic mass is 16.5. The number of methoxy groups -OCH3 is 1. The van der Waals surface area contributed by atoms with Crippen molar-refractivity contribution in [1.82, 2.24) is 9.88 Å². The lowest BCUT2D eigenvalue weighted by molar-refractivity contribution is -0.138. The van der Waals surface area contributed by atoms with E-state index in [0.29, 0.717) is 24.3 Å². The number of piperazine rings is 1. The smallest absolute Gasteiger partial charge is 0.339 e. The van der Waals surface area contributed by atoms with E-state index in [2.05, 4.69) is 9.88 Å². The molecule has 2 heterocycles. The molecule has 0 unspecified atom stereocenters. The summed E-state index contributed by atoms with van der Waals surface area (Å²) in [7, 11) is 1.34. The number of aryl methyl sites for hydroxylation is 1. The minimum Gasteiger partial charge on any atom is -0.480 e. The molecule has 1 aliphatic rings. The maximum atomic E-state index is 11.5. The van der Waals surface area contributed by atoms with Crippen LogP contribution in [0.3, 0.4) is 0 Å². The second kappa shape index (κ2) is 6.53. The third kappa shape index (κ3) is 3.69. The monoisotopic (exact) mass is 293 g/mol. The first-order chi connectivity index (χ1) is 10.0. The summed E-state index contributed by atoms with van der Waals surface area (Å²) < 4.78 is 4.70. The fraction of sp³-hybridized carbons (Fsp3) is 0.500. The van der Waals surface area contributed by atoms with E-state index < -0.39 is 11.9 Å². The second-order valence-electron chi connectivity index (χ2n) is 4.95. The van der Waals surface area contributed by atoms with Crippen molar-refractivity contribution in [3.05, 3.63) is 23.4 Å². The minimum absolute atomic E-state index is 0.0710. The third-order valence-electron chi connectivity index (χ3n) is 3.53. The quantitative estimate of drug-likeness (QED) is 0.804. The number of carbonyl (C=O) groups excluding carboxylic acids is 1. The van der Waals surface area contributed by atoms with E-state index in [1.807, 2.05) is 4.90 Å². The molecule has 0 spiro atoms. The summed E-state index contributed by atoms with van der Waals surface area (Å²) in [6, 6.07) is 3.51. The van der Waals surface area contributed by atoms with Crippen LogP contribution in [-0.4, -0.2) is 66.8 Å². The van der Waals surface area contributed by atoms with Gasteiger partial charge in [0.2, 0.25) is 0 Å². The van der Waals surface area contributed by atoms with Crippen LogP contribution in [0, 0.1) is 6.92 Å². The van der Waals surface area contributed by atoms with Gasteiger partial charge < -0.3 is 14.7 Å². The van der Waals surface area contributed by atoms with Crippen LogP contribution in [0.5, 0.6) is 0 Å². The second-order valence-corrected chi connectivity index (χ2v) is 4.95. The highest BCUT2D eigenvalue weighted by Crippen LogP contribution is 2.17. The Morgan fingerprint density at radius 2 is 1.95 bits per heavy atom.